The van der Waals surface area contributed by atoms with Crippen molar-refractivity contribution in [3.05, 3.63) is 64.7 Å². The van der Waals surface area contributed by atoms with E-state index in [1.165, 1.54) is 0 Å². The van der Waals surface area contributed by atoms with Crippen LogP contribution in [0, 0.1) is 11.6 Å². The molecular formula is C14H11ClF2O2. The quantitative estimate of drug-likeness (QED) is 0.927. The largest absolute Gasteiger partial charge is 0.491 e. The molecule has 0 aromatic heterocycles. The molecule has 1 unspecified atom stereocenters. The van der Waals surface area contributed by atoms with Gasteiger partial charge >= 0.3 is 0 Å². The smallest absolute Gasteiger partial charge is 0.129 e. The number of ether oxygens (including phenoxy) is 1. The van der Waals surface area contributed by atoms with Crippen LogP contribution in [0.2, 0.25) is 5.02 Å². The van der Waals surface area contributed by atoms with E-state index in [-0.39, 0.29) is 12.2 Å². The zero-order chi connectivity index (χ0) is 13.8. The summed E-state index contributed by atoms with van der Waals surface area (Å²) in [5, 5.41) is 10.3. The summed E-state index contributed by atoms with van der Waals surface area (Å²) in [4.78, 5) is 0. The molecule has 0 saturated carbocycles. The molecule has 1 atom stereocenters. The molecule has 0 amide bonds. The molecule has 0 aliphatic rings. The molecule has 0 radical (unpaired) electrons. The van der Waals surface area contributed by atoms with Crippen LogP contribution in [0.3, 0.4) is 0 Å². The van der Waals surface area contributed by atoms with Crippen molar-refractivity contribution < 1.29 is 18.6 Å². The fourth-order valence-corrected chi connectivity index (χ4v) is 1.69. The summed E-state index contributed by atoms with van der Waals surface area (Å²) in [6.45, 7) is -0.179. The molecule has 0 spiro atoms. The van der Waals surface area contributed by atoms with E-state index in [0.717, 1.165) is 18.2 Å². The Kier molecular flexibility index (Phi) is 4.35. The van der Waals surface area contributed by atoms with Crippen molar-refractivity contribution in [1.82, 2.24) is 0 Å². The highest BCUT2D eigenvalue weighted by atomic mass is 35.5. The summed E-state index contributed by atoms with van der Waals surface area (Å²) in [5.41, 5.74) is -0.131. The Morgan fingerprint density at radius 1 is 1.11 bits per heavy atom. The Hall–Kier alpha value is -1.65. The third-order valence-electron chi connectivity index (χ3n) is 2.54. The van der Waals surface area contributed by atoms with Crippen LogP contribution in [0.1, 0.15) is 11.7 Å². The molecule has 5 heteroatoms. The van der Waals surface area contributed by atoms with Crippen molar-refractivity contribution in [2.45, 2.75) is 6.10 Å². The molecular weight excluding hydrogens is 274 g/mol. The molecule has 2 nitrogen and oxygen atoms in total. The molecule has 0 aliphatic carbocycles. The molecule has 2 aromatic carbocycles. The van der Waals surface area contributed by atoms with Crippen molar-refractivity contribution in [2.75, 3.05) is 6.61 Å². The van der Waals surface area contributed by atoms with Gasteiger partial charge in [-0.15, -0.1) is 0 Å². The summed E-state index contributed by atoms with van der Waals surface area (Å²) in [6.07, 6.45) is -1.24. The highest BCUT2D eigenvalue weighted by molar-refractivity contribution is 6.30. The highest BCUT2D eigenvalue weighted by Crippen LogP contribution is 2.21. The lowest BCUT2D eigenvalue weighted by molar-refractivity contribution is 0.104. The van der Waals surface area contributed by atoms with Crippen LogP contribution in [0.15, 0.2) is 42.5 Å². The van der Waals surface area contributed by atoms with Crippen LogP contribution in [0.5, 0.6) is 5.75 Å². The number of rotatable bonds is 4. The van der Waals surface area contributed by atoms with E-state index >= 15 is 0 Å². The van der Waals surface area contributed by atoms with E-state index in [9.17, 15) is 13.9 Å². The van der Waals surface area contributed by atoms with Gasteiger partial charge in [-0.05, 0) is 42.5 Å². The van der Waals surface area contributed by atoms with Crippen molar-refractivity contribution in [2.24, 2.45) is 0 Å². The molecule has 0 heterocycles. The van der Waals surface area contributed by atoms with E-state index in [0.29, 0.717) is 10.8 Å². The van der Waals surface area contributed by atoms with Gasteiger partial charge in [0.25, 0.3) is 0 Å². The van der Waals surface area contributed by atoms with Gasteiger partial charge in [-0.25, -0.2) is 8.78 Å². The number of aliphatic hydroxyl groups excluding tert-OH is 1. The zero-order valence-corrected chi connectivity index (χ0v) is 10.6. The second-order valence-electron chi connectivity index (χ2n) is 3.95. The Morgan fingerprint density at radius 2 is 1.79 bits per heavy atom. The first kappa shape index (κ1) is 13.8. The first-order chi connectivity index (χ1) is 9.06. The molecule has 0 aliphatic heterocycles. The van der Waals surface area contributed by atoms with Gasteiger partial charge in [-0.2, -0.15) is 0 Å². The summed E-state index contributed by atoms with van der Waals surface area (Å²) in [5.74, 6) is -0.796. The number of hydrogen-bond donors (Lipinski definition) is 1. The second kappa shape index (κ2) is 5.99. The van der Waals surface area contributed by atoms with E-state index in [1.807, 2.05) is 0 Å². The van der Waals surface area contributed by atoms with Gasteiger partial charge < -0.3 is 9.84 Å². The third kappa shape index (κ3) is 3.66. The molecule has 1 N–H and O–H groups in total. The van der Waals surface area contributed by atoms with E-state index in [4.69, 9.17) is 16.3 Å². The molecule has 0 saturated heterocycles. The lowest BCUT2D eigenvalue weighted by Crippen LogP contribution is -2.11. The standard InChI is InChI=1S/C14H11ClF2O2/c15-9-1-4-11(5-2-9)19-8-14(18)12-7-10(16)3-6-13(12)17/h1-7,14,18H,8H2. The van der Waals surface area contributed by atoms with Gasteiger partial charge in [-0.3, -0.25) is 0 Å². The minimum Gasteiger partial charge on any atom is -0.491 e. The van der Waals surface area contributed by atoms with E-state index in [1.54, 1.807) is 24.3 Å². The lowest BCUT2D eigenvalue weighted by Gasteiger charge is -2.13. The third-order valence-corrected chi connectivity index (χ3v) is 2.79. The van der Waals surface area contributed by atoms with Crippen LogP contribution >= 0.6 is 11.6 Å². The van der Waals surface area contributed by atoms with Gasteiger partial charge in [-0.1, -0.05) is 11.6 Å². The molecule has 0 bridgehead atoms. The predicted octanol–water partition coefficient (Wildman–Crippen LogP) is 3.73. The van der Waals surface area contributed by atoms with Crippen LogP contribution in [0.25, 0.3) is 0 Å². The van der Waals surface area contributed by atoms with E-state index in [2.05, 4.69) is 0 Å². The summed E-state index contributed by atoms with van der Waals surface area (Å²) < 4.78 is 31.7. The highest BCUT2D eigenvalue weighted by Gasteiger charge is 2.14. The van der Waals surface area contributed by atoms with E-state index < -0.39 is 17.7 Å². The van der Waals surface area contributed by atoms with Gasteiger partial charge in [0.15, 0.2) is 0 Å². The van der Waals surface area contributed by atoms with Gasteiger partial charge in [0.05, 0.1) is 0 Å². The summed E-state index contributed by atoms with van der Waals surface area (Å²) in [7, 11) is 0. The maximum atomic E-state index is 13.4. The number of hydrogen-bond acceptors (Lipinski definition) is 2. The lowest BCUT2D eigenvalue weighted by atomic mass is 10.1. The Balaban J connectivity index is 2.03. The number of aliphatic hydroxyl groups is 1. The molecule has 2 aromatic rings. The number of halogens is 3. The SMILES string of the molecule is OC(COc1ccc(Cl)cc1)c1cc(F)ccc1F. The van der Waals surface area contributed by atoms with Gasteiger partial charge in [0, 0.05) is 10.6 Å². The number of benzene rings is 2. The fourth-order valence-electron chi connectivity index (χ4n) is 1.57. The zero-order valence-electron chi connectivity index (χ0n) is 9.82. The summed E-state index contributed by atoms with van der Waals surface area (Å²) >= 11 is 5.71. The Bertz CT molecular complexity index is 558. The molecule has 19 heavy (non-hydrogen) atoms. The molecule has 100 valence electrons. The predicted molar refractivity (Wildman–Crippen MR) is 68.3 cm³/mol. The maximum absolute atomic E-state index is 13.4. The van der Waals surface area contributed by atoms with Crippen molar-refractivity contribution in [1.29, 1.82) is 0 Å². The van der Waals surface area contributed by atoms with Crippen molar-refractivity contribution in [3.63, 3.8) is 0 Å². The topological polar surface area (TPSA) is 29.5 Å². The van der Waals surface area contributed by atoms with Crippen molar-refractivity contribution in [3.8, 4) is 5.75 Å². The normalized spacial score (nSPS) is 12.2. The van der Waals surface area contributed by atoms with Crippen LogP contribution in [0.4, 0.5) is 8.78 Å². The van der Waals surface area contributed by atoms with Gasteiger partial charge in [0.2, 0.25) is 0 Å². The Morgan fingerprint density at radius 3 is 2.47 bits per heavy atom. The van der Waals surface area contributed by atoms with Crippen LogP contribution in [-0.4, -0.2) is 11.7 Å². The first-order valence-electron chi connectivity index (χ1n) is 5.57. The minimum atomic E-state index is -1.24. The van der Waals surface area contributed by atoms with Crippen molar-refractivity contribution >= 4 is 11.6 Å². The molecule has 2 rings (SSSR count). The average Bonchev–Trinajstić information content (AvgIpc) is 2.40. The second-order valence-corrected chi connectivity index (χ2v) is 4.38. The first-order valence-corrected chi connectivity index (χ1v) is 5.95. The monoisotopic (exact) mass is 284 g/mol. The Labute approximate surface area is 114 Å². The van der Waals surface area contributed by atoms with Crippen LogP contribution < -0.4 is 4.74 Å². The fraction of sp³-hybridized carbons (Fsp3) is 0.143. The van der Waals surface area contributed by atoms with Gasteiger partial charge in [0.1, 0.15) is 30.1 Å². The minimum absolute atomic E-state index is 0.131. The average molecular weight is 285 g/mol. The maximum Gasteiger partial charge on any atom is 0.129 e. The summed E-state index contributed by atoms with van der Waals surface area (Å²) in [6, 6.07) is 9.42. The molecule has 0 fully saturated rings. The van der Waals surface area contributed by atoms with Crippen LogP contribution in [-0.2, 0) is 0 Å².